The first-order chi connectivity index (χ1) is 10.3. The third-order valence-corrected chi connectivity index (χ3v) is 4.67. The van der Waals surface area contributed by atoms with E-state index in [1.54, 1.807) is 11.3 Å². The zero-order valence-electron chi connectivity index (χ0n) is 12.0. The Bertz CT molecular complexity index is 639. The Morgan fingerprint density at radius 1 is 1.38 bits per heavy atom. The number of esters is 1. The van der Waals surface area contributed by atoms with Crippen LogP contribution in [0.5, 0.6) is 0 Å². The molecule has 0 aliphatic carbocycles. The van der Waals surface area contributed by atoms with E-state index in [1.165, 1.54) is 18.2 Å². The normalized spacial score (nSPS) is 14.4. The van der Waals surface area contributed by atoms with Crippen LogP contribution in [0.15, 0.2) is 29.6 Å². The summed E-state index contributed by atoms with van der Waals surface area (Å²) in [6.45, 7) is 1.89. The van der Waals surface area contributed by atoms with Gasteiger partial charge in [0, 0.05) is 18.5 Å². The molecule has 4 nitrogen and oxygen atoms in total. The molecule has 1 aromatic heterocycles. The van der Waals surface area contributed by atoms with Gasteiger partial charge in [-0.1, -0.05) is 24.3 Å². The second kappa shape index (κ2) is 6.26. The topological polar surface area (TPSA) is 42.4 Å². The quantitative estimate of drug-likeness (QED) is 0.818. The number of carbonyl (C=O) groups excluding carboxylic acids is 1. The van der Waals surface area contributed by atoms with Crippen LogP contribution in [-0.2, 0) is 28.9 Å². The van der Waals surface area contributed by atoms with E-state index in [0.717, 1.165) is 36.8 Å². The molecule has 0 bridgehead atoms. The number of methoxy groups -OCH3 is 1. The summed E-state index contributed by atoms with van der Waals surface area (Å²) in [5.41, 5.74) is 3.60. The number of nitrogens with zero attached hydrogens (tertiary/aromatic N) is 2. The highest BCUT2D eigenvalue weighted by atomic mass is 32.1. The minimum absolute atomic E-state index is 0.243. The number of aryl methyl sites for hydroxylation is 1. The second-order valence-electron chi connectivity index (χ2n) is 5.17. The molecular weight excluding hydrogens is 284 g/mol. The van der Waals surface area contributed by atoms with Crippen LogP contribution in [0.25, 0.3) is 0 Å². The first kappa shape index (κ1) is 14.1. The molecule has 0 spiro atoms. The SMILES string of the molecule is COC(=O)Cc1csc(N2CCCc3ccccc3C2)n1. The summed E-state index contributed by atoms with van der Waals surface area (Å²) in [4.78, 5) is 18.2. The summed E-state index contributed by atoms with van der Waals surface area (Å²) in [5, 5.41) is 2.94. The molecule has 5 heteroatoms. The smallest absolute Gasteiger partial charge is 0.311 e. The Labute approximate surface area is 128 Å². The van der Waals surface area contributed by atoms with Gasteiger partial charge in [0.05, 0.1) is 19.2 Å². The number of thiazole rings is 1. The largest absolute Gasteiger partial charge is 0.469 e. The van der Waals surface area contributed by atoms with Crippen LogP contribution in [0.2, 0.25) is 0 Å². The number of benzene rings is 1. The fraction of sp³-hybridized carbons (Fsp3) is 0.375. The van der Waals surface area contributed by atoms with Crippen LogP contribution in [0, 0.1) is 0 Å². The van der Waals surface area contributed by atoms with Gasteiger partial charge < -0.3 is 9.64 Å². The van der Waals surface area contributed by atoms with Gasteiger partial charge >= 0.3 is 5.97 Å². The molecular formula is C16H18N2O2S. The van der Waals surface area contributed by atoms with E-state index in [9.17, 15) is 4.79 Å². The zero-order valence-corrected chi connectivity index (χ0v) is 12.9. The van der Waals surface area contributed by atoms with Gasteiger partial charge in [-0.05, 0) is 24.0 Å². The highest BCUT2D eigenvalue weighted by Gasteiger charge is 2.17. The van der Waals surface area contributed by atoms with Gasteiger partial charge in [-0.3, -0.25) is 4.79 Å². The molecule has 1 aromatic carbocycles. The number of carbonyl (C=O) groups is 1. The Hall–Kier alpha value is -1.88. The van der Waals surface area contributed by atoms with Gasteiger partial charge in [-0.15, -0.1) is 11.3 Å². The molecule has 0 atom stereocenters. The van der Waals surface area contributed by atoms with Crippen LogP contribution in [0.3, 0.4) is 0 Å². The monoisotopic (exact) mass is 302 g/mol. The van der Waals surface area contributed by atoms with Crippen molar-refractivity contribution in [2.24, 2.45) is 0 Å². The Morgan fingerprint density at radius 2 is 2.19 bits per heavy atom. The van der Waals surface area contributed by atoms with Crippen molar-refractivity contribution in [1.29, 1.82) is 0 Å². The van der Waals surface area contributed by atoms with Crippen LogP contribution in [0.4, 0.5) is 5.13 Å². The van der Waals surface area contributed by atoms with E-state index >= 15 is 0 Å². The number of anilines is 1. The van der Waals surface area contributed by atoms with Gasteiger partial charge in [0.2, 0.25) is 0 Å². The Morgan fingerprint density at radius 3 is 3.00 bits per heavy atom. The van der Waals surface area contributed by atoms with E-state index in [-0.39, 0.29) is 12.4 Å². The van der Waals surface area contributed by atoms with Gasteiger partial charge in [0.1, 0.15) is 0 Å². The predicted octanol–water partition coefficient (Wildman–Crippen LogP) is 2.81. The lowest BCUT2D eigenvalue weighted by Crippen LogP contribution is -2.22. The van der Waals surface area contributed by atoms with Crippen molar-refractivity contribution >= 4 is 22.4 Å². The van der Waals surface area contributed by atoms with E-state index in [1.807, 2.05) is 5.38 Å². The Kier molecular flexibility index (Phi) is 4.20. The highest BCUT2D eigenvalue weighted by molar-refractivity contribution is 7.13. The summed E-state index contributed by atoms with van der Waals surface area (Å²) in [7, 11) is 1.40. The lowest BCUT2D eigenvalue weighted by atomic mass is 10.0. The third kappa shape index (κ3) is 3.24. The maximum absolute atomic E-state index is 11.3. The molecule has 110 valence electrons. The average molecular weight is 302 g/mol. The Balaban J connectivity index is 1.76. The van der Waals surface area contributed by atoms with Gasteiger partial charge in [0.25, 0.3) is 0 Å². The van der Waals surface area contributed by atoms with Crippen LogP contribution >= 0.6 is 11.3 Å². The average Bonchev–Trinajstić information content (AvgIpc) is 2.85. The minimum Gasteiger partial charge on any atom is -0.469 e. The minimum atomic E-state index is -0.243. The third-order valence-electron chi connectivity index (χ3n) is 3.72. The zero-order chi connectivity index (χ0) is 14.7. The number of aromatic nitrogens is 1. The molecule has 2 aromatic rings. The van der Waals surface area contributed by atoms with E-state index in [4.69, 9.17) is 0 Å². The van der Waals surface area contributed by atoms with Crippen molar-refractivity contribution in [2.45, 2.75) is 25.8 Å². The van der Waals surface area contributed by atoms with Crippen molar-refractivity contribution in [3.63, 3.8) is 0 Å². The summed E-state index contributed by atoms with van der Waals surface area (Å²) in [6.07, 6.45) is 2.49. The molecule has 0 unspecified atom stereocenters. The van der Waals surface area contributed by atoms with Crippen molar-refractivity contribution < 1.29 is 9.53 Å². The first-order valence-corrected chi connectivity index (χ1v) is 7.97. The van der Waals surface area contributed by atoms with E-state index in [2.05, 4.69) is 38.9 Å². The molecule has 0 amide bonds. The van der Waals surface area contributed by atoms with Gasteiger partial charge in [-0.2, -0.15) is 0 Å². The van der Waals surface area contributed by atoms with Crippen molar-refractivity contribution in [3.8, 4) is 0 Å². The fourth-order valence-electron chi connectivity index (χ4n) is 2.61. The van der Waals surface area contributed by atoms with Crippen LogP contribution < -0.4 is 4.90 Å². The molecule has 2 heterocycles. The van der Waals surface area contributed by atoms with Gasteiger partial charge in [0.15, 0.2) is 5.13 Å². The maximum Gasteiger partial charge on any atom is 0.311 e. The molecule has 1 aliphatic heterocycles. The van der Waals surface area contributed by atoms with Crippen LogP contribution in [0.1, 0.15) is 23.2 Å². The van der Waals surface area contributed by atoms with E-state index in [0.29, 0.717) is 0 Å². The number of rotatable bonds is 3. The molecule has 0 saturated heterocycles. The molecule has 0 N–H and O–H groups in total. The predicted molar refractivity (Wildman–Crippen MR) is 83.6 cm³/mol. The molecule has 0 radical (unpaired) electrons. The lowest BCUT2D eigenvalue weighted by Gasteiger charge is -2.19. The molecule has 0 saturated carbocycles. The molecule has 3 rings (SSSR count). The highest BCUT2D eigenvalue weighted by Crippen LogP contribution is 2.26. The van der Waals surface area contributed by atoms with Crippen molar-refractivity contribution in [3.05, 3.63) is 46.5 Å². The first-order valence-electron chi connectivity index (χ1n) is 7.09. The maximum atomic E-state index is 11.3. The molecule has 1 aliphatic rings. The summed E-state index contributed by atoms with van der Waals surface area (Å²) in [6, 6.07) is 8.60. The molecule has 21 heavy (non-hydrogen) atoms. The van der Waals surface area contributed by atoms with Gasteiger partial charge in [-0.25, -0.2) is 4.98 Å². The summed E-state index contributed by atoms with van der Waals surface area (Å²) < 4.78 is 4.69. The summed E-state index contributed by atoms with van der Waals surface area (Å²) in [5.74, 6) is -0.243. The fourth-order valence-corrected chi connectivity index (χ4v) is 3.46. The summed E-state index contributed by atoms with van der Waals surface area (Å²) >= 11 is 1.60. The number of hydrogen-bond acceptors (Lipinski definition) is 5. The van der Waals surface area contributed by atoms with Crippen molar-refractivity contribution in [1.82, 2.24) is 4.98 Å². The van der Waals surface area contributed by atoms with Crippen molar-refractivity contribution in [2.75, 3.05) is 18.6 Å². The van der Waals surface area contributed by atoms with Crippen LogP contribution in [-0.4, -0.2) is 24.6 Å². The number of fused-ring (bicyclic) bond motifs is 1. The number of hydrogen-bond donors (Lipinski definition) is 0. The lowest BCUT2D eigenvalue weighted by molar-refractivity contribution is -0.139. The van der Waals surface area contributed by atoms with E-state index < -0.39 is 0 Å². The second-order valence-corrected chi connectivity index (χ2v) is 6.00. The molecule has 0 fully saturated rings. The standard InChI is InChI=1S/C16H18N2O2S/c1-20-15(19)9-14-11-21-16(17-14)18-8-4-7-12-5-2-3-6-13(12)10-18/h2-3,5-6,11H,4,7-10H2,1H3. The number of ether oxygens (including phenoxy) is 1.